The normalized spacial score (nSPS) is 17.1. The van der Waals surface area contributed by atoms with Gasteiger partial charge in [-0.1, -0.05) is 18.2 Å². The second kappa shape index (κ2) is 6.86. The molecular weight excluding hydrogens is 304 g/mol. The van der Waals surface area contributed by atoms with Crippen LogP contribution in [-0.4, -0.2) is 35.3 Å². The van der Waals surface area contributed by atoms with Gasteiger partial charge in [-0.05, 0) is 30.9 Å². The van der Waals surface area contributed by atoms with Crippen LogP contribution in [0.2, 0.25) is 0 Å². The van der Waals surface area contributed by atoms with Crippen LogP contribution in [0.1, 0.15) is 22.3 Å². The zero-order chi connectivity index (χ0) is 17.1. The van der Waals surface area contributed by atoms with E-state index in [1.807, 2.05) is 31.2 Å². The first-order valence-electron chi connectivity index (χ1n) is 8.17. The lowest BCUT2D eigenvalue weighted by Gasteiger charge is -2.18. The van der Waals surface area contributed by atoms with Crippen molar-refractivity contribution in [2.24, 2.45) is 13.0 Å². The maximum absolute atomic E-state index is 12.3. The molecule has 1 amide bonds. The smallest absolute Gasteiger partial charge is 0.268 e. The van der Waals surface area contributed by atoms with E-state index in [4.69, 9.17) is 0 Å². The molecule has 0 spiro atoms. The molecule has 1 aliphatic heterocycles. The number of anilines is 1. The van der Waals surface area contributed by atoms with E-state index >= 15 is 0 Å². The highest BCUT2D eigenvalue weighted by Crippen LogP contribution is 2.21. The van der Waals surface area contributed by atoms with Gasteiger partial charge in [-0.25, -0.2) is 4.68 Å². The molecule has 1 saturated heterocycles. The van der Waals surface area contributed by atoms with E-state index in [0.717, 1.165) is 36.3 Å². The van der Waals surface area contributed by atoms with Crippen LogP contribution in [0.5, 0.6) is 0 Å². The van der Waals surface area contributed by atoms with Gasteiger partial charge in [0.15, 0.2) is 0 Å². The van der Waals surface area contributed by atoms with E-state index in [0.29, 0.717) is 12.5 Å². The maximum atomic E-state index is 12.3. The second-order valence-corrected chi connectivity index (χ2v) is 6.30. The highest BCUT2D eigenvalue weighted by atomic mass is 16.1. The molecule has 24 heavy (non-hydrogen) atoms. The van der Waals surface area contributed by atoms with Crippen molar-refractivity contribution in [1.29, 1.82) is 0 Å². The molecule has 126 valence electrons. The van der Waals surface area contributed by atoms with E-state index in [1.54, 1.807) is 19.3 Å². The van der Waals surface area contributed by atoms with Crippen LogP contribution in [0, 0.1) is 12.8 Å². The first-order valence-corrected chi connectivity index (χ1v) is 8.17. The number of aromatic nitrogens is 2. The molecule has 1 fully saturated rings. The van der Waals surface area contributed by atoms with Gasteiger partial charge in [-0.15, -0.1) is 0 Å². The fourth-order valence-electron chi connectivity index (χ4n) is 3.03. The third kappa shape index (κ3) is 3.48. The number of carbonyl (C=O) groups is 1. The number of nitrogens with one attached hydrogen (secondary N) is 1. The number of rotatable bonds is 4. The molecule has 1 N–H and O–H groups in total. The van der Waals surface area contributed by atoms with Crippen molar-refractivity contribution in [2.75, 3.05) is 24.5 Å². The van der Waals surface area contributed by atoms with Gasteiger partial charge in [0, 0.05) is 38.3 Å². The topological polar surface area (TPSA) is 67.2 Å². The number of amides is 1. The SMILES string of the molecule is Cc1ccccc1C(=O)NCC1CCN(c2cnn(C)c(=O)c2)C1. The number of carbonyl (C=O) groups excluding carboxylic acids is 1. The molecule has 1 aromatic carbocycles. The van der Waals surface area contributed by atoms with Crippen LogP contribution in [0.4, 0.5) is 5.69 Å². The van der Waals surface area contributed by atoms with Crippen LogP contribution < -0.4 is 15.8 Å². The number of hydrogen-bond donors (Lipinski definition) is 1. The standard InChI is InChI=1S/C18H22N4O2/c1-13-5-3-4-6-16(13)18(24)19-10-14-7-8-22(12-14)15-9-17(23)21(2)20-11-15/h3-6,9,11,14H,7-8,10,12H2,1-2H3,(H,19,24). The molecule has 0 bridgehead atoms. The molecule has 0 aliphatic carbocycles. The Bertz CT molecular complexity index is 800. The number of hydrogen-bond acceptors (Lipinski definition) is 4. The fourth-order valence-corrected chi connectivity index (χ4v) is 3.03. The Labute approximate surface area is 141 Å². The van der Waals surface area contributed by atoms with Crippen LogP contribution >= 0.6 is 0 Å². The van der Waals surface area contributed by atoms with Gasteiger partial charge in [-0.3, -0.25) is 9.59 Å². The van der Waals surface area contributed by atoms with Gasteiger partial charge in [0.05, 0.1) is 11.9 Å². The maximum Gasteiger partial charge on any atom is 0.268 e. The average Bonchev–Trinajstić information content (AvgIpc) is 3.04. The third-order valence-corrected chi connectivity index (χ3v) is 4.55. The number of benzene rings is 1. The molecule has 3 rings (SSSR count). The largest absolute Gasteiger partial charge is 0.370 e. The third-order valence-electron chi connectivity index (χ3n) is 4.55. The fraction of sp³-hybridized carbons (Fsp3) is 0.389. The molecule has 6 nitrogen and oxygen atoms in total. The molecule has 0 radical (unpaired) electrons. The van der Waals surface area contributed by atoms with Gasteiger partial charge < -0.3 is 10.2 Å². The first-order chi connectivity index (χ1) is 11.5. The van der Waals surface area contributed by atoms with E-state index in [-0.39, 0.29) is 11.5 Å². The summed E-state index contributed by atoms with van der Waals surface area (Å²) >= 11 is 0. The summed E-state index contributed by atoms with van der Waals surface area (Å²) in [5, 5.41) is 7.09. The molecule has 0 saturated carbocycles. The summed E-state index contributed by atoms with van der Waals surface area (Å²) in [6.07, 6.45) is 2.71. The first kappa shape index (κ1) is 16.2. The summed E-state index contributed by atoms with van der Waals surface area (Å²) in [5.41, 5.74) is 2.45. The van der Waals surface area contributed by atoms with Gasteiger partial charge in [0.1, 0.15) is 0 Å². The lowest BCUT2D eigenvalue weighted by atomic mass is 10.1. The summed E-state index contributed by atoms with van der Waals surface area (Å²) < 4.78 is 1.32. The molecule has 1 unspecified atom stereocenters. The molecule has 1 atom stereocenters. The Morgan fingerprint density at radius 3 is 2.92 bits per heavy atom. The molecular formula is C18H22N4O2. The minimum Gasteiger partial charge on any atom is -0.370 e. The van der Waals surface area contributed by atoms with Gasteiger partial charge in [0.25, 0.3) is 11.5 Å². The van der Waals surface area contributed by atoms with E-state index < -0.39 is 0 Å². The summed E-state index contributed by atoms with van der Waals surface area (Å²) in [5.74, 6) is 0.351. The predicted molar refractivity (Wildman–Crippen MR) is 93.3 cm³/mol. The highest BCUT2D eigenvalue weighted by molar-refractivity contribution is 5.95. The molecule has 1 aromatic heterocycles. The van der Waals surface area contributed by atoms with Crippen LogP contribution in [0.25, 0.3) is 0 Å². The Kier molecular flexibility index (Phi) is 4.64. The Hall–Kier alpha value is -2.63. The second-order valence-electron chi connectivity index (χ2n) is 6.30. The van der Waals surface area contributed by atoms with Crippen molar-refractivity contribution in [3.05, 3.63) is 58.0 Å². The van der Waals surface area contributed by atoms with Crippen LogP contribution in [-0.2, 0) is 7.05 Å². The quantitative estimate of drug-likeness (QED) is 0.921. The van der Waals surface area contributed by atoms with Gasteiger partial charge in [0.2, 0.25) is 0 Å². The predicted octanol–water partition coefficient (Wildman–Crippen LogP) is 1.35. The average molecular weight is 326 g/mol. The van der Waals surface area contributed by atoms with Crippen LogP contribution in [0.3, 0.4) is 0 Å². The minimum absolute atomic E-state index is 0.0261. The van der Waals surface area contributed by atoms with Crippen LogP contribution in [0.15, 0.2) is 41.3 Å². The van der Waals surface area contributed by atoms with E-state index in [1.165, 1.54) is 4.68 Å². The Balaban J connectivity index is 1.56. The van der Waals surface area contributed by atoms with Gasteiger partial charge in [-0.2, -0.15) is 5.10 Å². The van der Waals surface area contributed by atoms with Crippen molar-refractivity contribution in [3.8, 4) is 0 Å². The van der Waals surface area contributed by atoms with E-state index in [9.17, 15) is 9.59 Å². The molecule has 1 aliphatic rings. The van der Waals surface area contributed by atoms with Crippen molar-refractivity contribution in [1.82, 2.24) is 15.1 Å². The summed E-state index contributed by atoms with van der Waals surface area (Å²) in [6, 6.07) is 9.20. The van der Waals surface area contributed by atoms with Crippen molar-refractivity contribution < 1.29 is 4.79 Å². The van der Waals surface area contributed by atoms with E-state index in [2.05, 4.69) is 15.3 Å². The lowest BCUT2D eigenvalue weighted by Crippen LogP contribution is -2.31. The highest BCUT2D eigenvalue weighted by Gasteiger charge is 2.24. The minimum atomic E-state index is -0.108. The zero-order valence-corrected chi connectivity index (χ0v) is 14.0. The zero-order valence-electron chi connectivity index (χ0n) is 14.0. The van der Waals surface area contributed by atoms with Gasteiger partial charge >= 0.3 is 0 Å². The number of nitrogens with zero attached hydrogens (tertiary/aromatic N) is 3. The van der Waals surface area contributed by atoms with Crippen molar-refractivity contribution in [3.63, 3.8) is 0 Å². The lowest BCUT2D eigenvalue weighted by molar-refractivity contribution is 0.0947. The monoisotopic (exact) mass is 326 g/mol. The molecule has 2 aromatic rings. The Morgan fingerprint density at radius 2 is 2.17 bits per heavy atom. The van der Waals surface area contributed by atoms with Crippen molar-refractivity contribution in [2.45, 2.75) is 13.3 Å². The number of aryl methyl sites for hydroxylation is 2. The Morgan fingerprint density at radius 1 is 1.38 bits per heavy atom. The summed E-state index contributed by atoms with van der Waals surface area (Å²) in [7, 11) is 1.64. The summed E-state index contributed by atoms with van der Waals surface area (Å²) in [4.78, 5) is 26.1. The molecule has 6 heteroatoms. The molecule has 2 heterocycles. The van der Waals surface area contributed by atoms with Crippen molar-refractivity contribution >= 4 is 11.6 Å². The summed E-state index contributed by atoms with van der Waals surface area (Å²) in [6.45, 7) is 4.28.